The van der Waals surface area contributed by atoms with Gasteiger partial charge < -0.3 is 4.90 Å². The van der Waals surface area contributed by atoms with Crippen LogP contribution in [0.25, 0.3) is 6.08 Å². The lowest BCUT2D eigenvalue weighted by atomic mass is 10.0. The molecule has 0 amide bonds. The van der Waals surface area contributed by atoms with E-state index < -0.39 is 0 Å². The van der Waals surface area contributed by atoms with Crippen LogP contribution in [0.4, 0.5) is 4.39 Å². The molecular weight excluding hydrogens is 325 g/mol. The number of hydrogen-bond donors (Lipinski definition) is 0. The predicted molar refractivity (Wildman–Crippen MR) is 100 cm³/mol. The van der Waals surface area contributed by atoms with Gasteiger partial charge in [0.25, 0.3) is 0 Å². The molecule has 0 unspecified atom stereocenters. The maximum absolute atomic E-state index is 12.8. The van der Waals surface area contributed by atoms with Crippen molar-refractivity contribution in [3.63, 3.8) is 0 Å². The Labute approximate surface area is 149 Å². The van der Waals surface area contributed by atoms with E-state index in [1.165, 1.54) is 23.8 Å². The Hall–Kier alpha value is -1.97. The van der Waals surface area contributed by atoms with Crippen molar-refractivity contribution < 1.29 is 9.18 Å². The van der Waals surface area contributed by atoms with Gasteiger partial charge in [-0.05, 0) is 62.8 Å². The fraction of sp³-hybridized carbons (Fsp3) is 0.250. The first-order valence-corrected chi connectivity index (χ1v) is 7.76. The van der Waals surface area contributed by atoms with Gasteiger partial charge in [-0.3, -0.25) is 4.79 Å². The van der Waals surface area contributed by atoms with Gasteiger partial charge in [-0.25, -0.2) is 4.39 Å². The van der Waals surface area contributed by atoms with Crippen molar-refractivity contribution in [3.05, 3.63) is 77.1 Å². The summed E-state index contributed by atoms with van der Waals surface area (Å²) >= 11 is 0. The van der Waals surface area contributed by atoms with Gasteiger partial charge in [-0.15, -0.1) is 12.4 Å². The summed E-state index contributed by atoms with van der Waals surface area (Å²) in [6.45, 7) is 1.06. The first-order valence-electron chi connectivity index (χ1n) is 7.76. The first kappa shape index (κ1) is 20.1. The van der Waals surface area contributed by atoms with Gasteiger partial charge in [0.1, 0.15) is 5.82 Å². The summed E-state index contributed by atoms with van der Waals surface area (Å²) in [6.07, 6.45) is 5.34. The molecule has 0 N–H and O–H groups in total. The highest BCUT2D eigenvalue weighted by Gasteiger charge is 2.02. The lowest BCUT2D eigenvalue weighted by molar-refractivity contribution is 0.104. The summed E-state index contributed by atoms with van der Waals surface area (Å²) in [5.41, 5.74) is 2.71. The summed E-state index contributed by atoms with van der Waals surface area (Å²) in [4.78, 5) is 14.3. The van der Waals surface area contributed by atoms with E-state index in [1.807, 2.05) is 24.3 Å². The third-order valence-corrected chi connectivity index (χ3v) is 3.61. The van der Waals surface area contributed by atoms with Gasteiger partial charge in [0.2, 0.25) is 0 Å². The Morgan fingerprint density at radius 3 is 2.25 bits per heavy atom. The summed E-state index contributed by atoms with van der Waals surface area (Å²) in [7, 11) is 4.13. The third-order valence-electron chi connectivity index (χ3n) is 3.61. The first-order chi connectivity index (χ1) is 11.0. The van der Waals surface area contributed by atoms with E-state index in [0.29, 0.717) is 5.56 Å². The fourth-order valence-corrected chi connectivity index (χ4v) is 2.28. The number of hydrogen-bond acceptors (Lipinski definition) is 2. The number of ketones is 1. The standard InChI is InChI=1S/C20H22FNO.ClH/c1-22(2)15-3-4-16-5-10-18(11-6-16)20(23)14-9-17-7-12-19(21)13-8-17;/h5-14H,3-4,15H2,1-2H3;1H. The molecule has 0 radical (unpaired) electrons. The van der Waals surface area contributed by atoms with E-state index in [-0.39, 0.29) is 24.0 Å². The second kappa shape index (κ2) is 10.0. The molecule has 2 aromatic carbocycles. The van der Waals surface area contributed by atoms with Crippen molar-refractivity contribution in [2.24, 2.45) is 0 Å². The van der Waals surface area contributed by atoms with Crippen molar-refractivity contribution in [2.75, 3.05) is 20.6 Å². The van der Waals surface area contributed by atoms with Gasteiger partial charge >= 0.3 is 0 Å². The molecule has 0 aliphatic carbocycles. The van der Waals surface area contributed by atoms with Crippen LogP contribution < -0.4 is 0 Å². The summed E-state index contributed by atoms with van der Waals surface area (Å²) in [6, 6.07) is 13.8. The van der Waals surface area contributed by atoms with Crippen molar-refractivity contribution >= 4 is 24.3 Å². The Morgan fingerprint density at radius 1 is 1.04 bits per heavy atom. The van der Waals surface area contributed by atoms with Crippen LogP contribution in [0.3, 0.4) is 0 Å². The summed E-state index contributed by atoms with van der Waals surface area (Å²) in [5, 5.41) is 0. The lowest BCUT2D eigenvalue weighted by Gasteiger charge is -2.08. The highest BCUT2D eigenvalue weighted by molar-refractivity contribution is 6.06. The molecule has 24 heavy (non-hydrogen) atoms. The molecule has 0 saturated heterocycles. The van der Waals surface area contributed by atoms with Gasteiger partial charge in [0.05, 0.1) is 0 Å². The zero-order valence-corrected chi connectivity index (χ0v) is 14.9. The minimum absolute atomic E-state index is 0. The second-order valence-corrected chi connectivity index (χ2v) is 5.85. The molecule has 128 valence electrons. The van der Waals surface area contributed by atoms with Crippen LogP contribution in [0.1, 0.15) is 27.9 Å². The number of halogens is 2. The molecule has 0 aliphatic heterocycles. The molecular formula is C20H23ClFNO. The SMILES string of the molecule is CN(C)CCCc1ccc(C(=O)C=Cc2ccc(F)cc2)cc1.Cl. The van der Waals surface area contributed by atoms with Crippen molar-refractivity contribution in [3.8, 4) is 0 Å². The van der Waals surface area contributed by atoms with E-state index in [2.05, 4.69) is 19.0 Å². The van der Waals surface area contributed by atoms with Crippen molar-refractivity contribution in [1.29, 1.82) is 0 Å². The summed E-state index contributed by atoms with van der Waals surface area (Å²) < 4.78 is 12.8. The minimum atomic E-state index is -0.279. The second-order valence-electron chi connectivity index (χ2n) is 5.85. The molecule has 0 fully saturated rings. The fourth-order valence-electron chi connectivity index (χ4n) is 2.28. The van der Waals surface area contributed by atoms with Gasteiger partial charge in [-0.2, -0.15) is 0 Å². The number of carbonyl (C=O) groups excluding carboxylic acids is 1. The smallest absolute Gasteiger partial charge is 0.185 e. The van der Waals surface area contributed by atoms with Gasteiger partial charge in [0, 0.05) is 5.56 Å². The Kier molecular flexibility index (Phi) is 8.37. The van der Waals surface area contributed by atoms with Crippen LogP contribution in [-0.2, 0) is 6.42 Å². The average molecular weight is 348 g/mol. The van der Waals surface area contributed by atoms with Crippen LogP contribution in [0.15, 0.2) is 54.6 Å². The highest BCUT2D eigenvalue weighted by atomic mass is 35.5. The van der Waals surface area contributed by atoms with Gasteiger partial charge in [-0.1, -0.05) is 42.5 Å². The highest BCUT2D eigenvalue weighted by Crippen LogP contribution is 2.10. The number of carbonyl (C=O) groups is 1. The van der Waals surface area contributed by atoms with Crippen LogP contribution in [0, 0.1) is 5.82 Å². The molecule has 0 aromatic heterocycles. The maximum atomic E-state index is 12.8. The zero-order valence-electron chi connectivity index (χ0n) is 14.0. The molecule has 0 saturated carbocycles. The molecule has 4 heteroatoms. The van der Waals surface area contributed by atoms with Gasteiger partial charge in [0.15, 0.2) is 5.78 Å². The minimum Gasteiger partial charge on any atom is -0.309 e. The van der Waals surface area contributed by atoms with E-state index in [4.69, 9.17) is 0 Å². The monoisotopic (exact) mass is 347 g/mol. The number of aryl methyl sites for hydroxylation is 1. The molecule has 2 rings (SSSR count). The maximum Gasteiger partial charge on any atom is 0.185 e. The average Bonchev–Trinajstić information content (AvgIpc) is 2.54. The Balaban J connectivity index is 0.00000288. The van der Waals surface area contributed by atoms with Crippen molar-refractivity contribution in [2.45, 2.75) is 12.8 Å². The Bertz CT molecular complexity index is 663. The predicted octanol–water partition coefficient (Wildman–Crippen LogP) is 4.64. The zero-order chi connectivity index (χ0) is 16.7. The topological polar surface area (TPSA) is 20.3 Å². The molecule has 0 aliphatic rings. The van der Waals surface area contributed by atoms with Crippen LogP contribution in [0.5, 0.6) is 0 Å². The van der Waals surface area contributed by atoms with Crippen LogP contribution in [0.2, 0.25) is 0 Å². The van der Waals surface area contributed by atoms with E-state index >= 15 is 0 Å². The quantitative estimate of drug-likeness (QED) is 0.537. The number of rotatable bonds is 7. The van der Waals surface area contributed by atoms with Crippen LogP contribution >= 0.6 is 12.4 Å². The third kappa shape index (κ3) is 6.65. The molecule has 0 atom stereocenters. The lowest BCUT2D eigenvalue weighted by Crippen LogP contribution is -2.13. The number of benzene rings is 2. The van der Waals surface area contributed by atoms with E-state index in [0.717, 1.165) is 24.9 Å². The summed E-state index contributed by atoms with van der Waals surface area (Å²) in [5.74, 6) is -0.326. The van der Waals surface area contributed by atoms with E-state index in [1.54, 1.807) is 18.2 Å². The van der Waals surface area contributed by atoms with E-state index in [9.17, 15) is 9.18 Å². The molecule has 2 nitrogen and oxygen atoms in total. The molecule has 0 bridgehead atoms. The normalized spacial score (nSPS) is 10.8. The van der Waals surface area contributed by atoms with Crippen LogP contribution in [-0.4, -0.2) is 31.3 Å². The molecule has 0 spiro atoms. The Morgan fingerprint density at radius 2 is 1.67 bits per heavy atom. The number of nitrogens with zero attached hydrogens (tertiary/aromatic N) is 1. The largest absolute Gasteiger partial charge is 0.309 e. The number of allylic oxidation sites excluding steroid dienone is 1. The van der Waals surface area contributed by atoms with Crippen molar-refractivity contribution in [1.82, 2.24) is 4.90 Å². The molecule has 2 aromatic rings. The molecule has 0 heterocycles.